The zero-order valence-corrected chi connectivity index (χ0v) is 16.1. The molecule has 0 aliphatic heterocycles. The first-order chi connectivity index (χ1) is 13.2. The van der Waals surface area contributed by atoms with E-state index in [-0.39, 0.29) is 22.3 Å². The number of nitrogens with one attached hydrogen (secondary N) is 2. The Morgan fingerprint density at radius 2 is 1.75 bits per heavy atom. The summed E-state index contributed by atoms with van der Waals surface area (Å²) in [5.41, 5.74) is 3.79. The molecule has 2 aromatic carbocycles. The fourth-order valence-corrected chi connectivity index (χ4v) is 2.43. The summed E-state index contributed by atoms with van der Waals surface area (Å²) in [4.78, 5) is 34.8. The number of rotatable bonds is 6. The highest BCUT2D eigenvalue weighted by molar-refractivity contribution is 6.31. The van der Waals surface area contributed by atoms with Gasteiger partial charge in [0.1, 0.15) is 5.56 Å². The molecule has 2 N–H and O–H groups in total. The van der Waals surface area contributed by atoms with E-state index in [2.05, 4.69) is 10.9 Å². The first kappa shape index (κ1) is 21.0. The molecule has 0 saturated carbocycles. The van der Waals surface area contributed by atoms with E-state index in [4.69, 9.17) is 21.1 Å². The number of methoxy groups -OCH3 is 1. The lowest BCUT2D eigenvalue weighted by molar-refractivity contribution is -0.385. The van der Waals surface area contributed by atoms with Crippen molar-refractivity contribution in [3.05, 3.63) is 62.7 Å². The van der Waals surface area contributed by atoms with Crippen LogP contribution in [0.5, 0.6) is 11.5 Å². The maximum atomic E-state index is 12.3. The monoisotopic (exact) mass is 407 g/mol. The molecule has 0 aliphatic carbocycles. The molecule has 0 fully saturated rings. The molecule has 0 radical (unpaired) electrons. The zero-order valence-electron chi connectivity index (χ0n) is 15.3. The molecule has 0 aliphatic rings. The van der Waals surface area contributed by atoms with Gasteiger partial charge in [0.25, 0.3) is 17.5 Å². The van der Waals surface area contributed by atoms with Gasteiger partial charge in [0.15, 0.2) is 11.5 Å². The summed E-state index contributed by atoms with van der Waals surface area (Å²) in [6, 6.07) is 8.05. The van der Waals surface area contributed by atoms with Gasteiger partial charge in [-0.2, -0.15) is 0 Å². The second-order valence-corrected chi connectivity index (χ2v) is 6.30. The third kappa shape index (κ3) is 5.10. The molecule has 0 atom stereocenters. The lowest BCUT2D eigenvalue weighted by Crippen LogP contribution is -2.41. The molecular weight excluding hydrogens is 390 g/mol. The van der Waals surface area contributed by atoms with E-state index in [0.717, 1.165) is 12.1 Å². The lowest BCUT2D eigenvalue weighted by Gasteiger charge is -2.14. The van der Waals surface area contributed by atoms with E-state index in [1.807, 2.05) is 13.8 Å². The molecule has 148 valence electrons. The van der Waals surface area contributed by atoms with Gasteiger partial charge < -0.3 is 9.47 Å². The minimum absolute atomic E-state index is 0.0821. The molecular formula is C18H18ClN3O6. The Hall–Kier alpha value is -3.33. The van der Waals surface area contributed by atoms with Crippen LogP contribution in [0.25, 0.3) is 0 Å². The number of benzene rings is 2. The van der Waals surface area contributed by atoms with Gasteiger partial charge in [-0.25, -0.2) is 0 Å². The predicted octanol–water partition coefficient (Wildman–Crippen LogP) is 3.12. The Morgan fingerprint density at radius 3 is 2.36 bits per heavy atom. The van der Waals surface area contributed by atoms with Crippen molar-refractivity contribution in [1.82, 2.24) is 10.9 Å². The van der Waals surface area contributed by atoms with E-state index >= 15 is 0 Å². The van der Waals surface area contributed by atoms with Gasteiger partial charge >= 0.3 is 0 Å². The molecule has 2 aromatic rings. The average molecular weight is 408 g/mol. The van der Waals surface area contributed by atoms with Crippen molar-refractivity contribution >= 4 is 29.1 Å². The van der Waals surface area contributed by atoms with Crippen LogP contribution in [0.15, 0.2) is 36.4 Å². The standard InChI is InChI=1S/C18H18ClN3O6/c1-10(2)28-15-7-4-11(8-16(15)27-3)17(23)20-21-18(24)13-9-12(19)5-6-14(13)22(25)26/h4-10H,1-3H3,(H,20,23)(H,21,24). The highest BCUT2D eigenvalue weighted by atomic mass is 35.5. The fourth-order valence-electron chi connectivity index (χ4n) is 2.26. The van der Waals surface area contributed by atoms with Gasteiger partial charge in [0.05, 0.1) is 18.1 Å². The minimum Gasteiger partial charge on any atom is -0.493 e. The Bertz CT molecular complexity index is 916. The normalized spacial score (nSPS) is 10.3. The third-order valence-electron chi connectivity index (χ3n) is 3.48. The van der Waals surface area contributed by atoms with Crippen LogP contribution in [0.1, 0.15) is 34.6 Å². The molecule has 10 heteroatoms. The summed E-state index contributed by atoms with van der Waals surface area (Å²) in [5.74, 6) is -0.715. The molecule has 0 spiro atoms. The number of hydrogen-bond donors (Lipinski definition) is 2. The van der Waals surface area contributed by atoms with Crippen LogP contribution >= 0.6 is 11.6 Å². The lowest BCUT2D eigenvalue weighted by atomic mass is 10.1. The predicted molar refractivity (Wildman–Crippen MR) is 102 cm³/mol. The summed E-state index contributed by atoms with van der Waals surface area (Å²) >= 11 is 5.79. The third-order valence-corrected chi connectivity index (χ3v) is 3.71. The molecule has 0 saturated heterocycles. The topological polar surface area (TPSA) is 120 Å². The fraction of sp³-hybridized carbons (Fsp3) is 0.222. The van der Waals surface area contributed by atoms with Gasteiger partial charge in [0, 0.05) is 16.7 Å². The maximum Gasteiger partial charge on any atom is 0.282 e. The van der Waals surface area contributed by atoms with Crippen molar-refractivity contribution in [2.75, 3.05) is 7.11 Å². The minimum atomic E-state index is -0.880. The Labute approximate surface area is 165 Å². The van der Waals surface area contributed by atoms with Crippen molar-refractivity contribution in [2.45, 2.75) is 20.0 Å². The van der Waals surface area contributed by atoms with E-state index < -0.39 is 22.4 Å². The number of nitro groups is 1. The summed E-state index contributed by atoms with van der Waals surface area (Å²) in [6.07, 6.45) is -0.0821. The number of carbonyl (C=O) groups excluding carboxylic acids is 2. The number of hydrazine groups is 1. The molecule has 0 aromatic heterocycles. The van der Waals surface area contributed by atoms with E-state index in [1.54, 1.807) is 6.07 Å². The number of nitrogens with zero attached hydrogens (tertiary/aromatic N) is 1. The van der Waals surface area contributed by atoms with E-state index in [1.165, 1.54) is 25.3 Å². The number of halogens is 1. The summed E-state index contributed by atoms with van der Waals surface area (Å²) in [6.45, 7) is 3.70. The van der Waals surface area contributed by atoms with Crippen molar-refractivity contribution in [3.8, 4) is 11.5 Å². The van der Waals surface area contributed by atoms with E-state index in [0.29, 0.717) is 11.5 Å². The van der Waals surface area contributed by atoms with Gasteiger partial charge in [0.2, 0.25) is 0 Å². The second-order valence-electron chi connectivity index (χ2n) is 5.86. The average Bonchev–Trinajstić information content (AvgIpc) is 2.65. The first-order valence-corrected chi connectivity index (χ1v) is 8.50. The van der Waals surface area contributed by atoms with Crippen molar-refractivity contribution in [3.63, 3.8) is 0 Å². The van der Waals surface area contributed by atoms with E-state index in [9.17, 15) is 19.7 Å². The molecule has 0 unspecified atom stereocenters. The van der Waals surface area contributed by atoms with Crippen LogP contribution in [0.3, 0.4) is 0 Å². The number of carbonyl (C=O) groups is 2. The quantitative estimate of drug-likeness (QED) is 0.560. The molecule has 28 heavy (non-hydrogen) atoms. The summed E-state index contributed by atoms with van der Waals surface area (Å²) in [7, 11) is 1.43. The number of amides is 2. The van der Waals surface area contributed by atoms with Crippen LogP contribution in [0.4, 0.5) is 5.69 Å². The van der Waals surface area contributed by atoms with Gasteiger partial charge in [-0.15, -0.1) is 0 Å². The Kier molecular flexibility index (Phi) is 6.78. The molecule has 9 nitrogen and oxygen atoms in total. The van der Waals surface area contributed by atoms with Crippen molar-refractivity contribution < 1.29 is 24.0 Å². The summed E-state index contributed by atoms with van der Waals surface area (Å²) in [5, 5.41) is 11.2. The summed E-state index contributed by atoms with van der Waals surface area (Å²) < 4.78 is 10.8. The van der Waals surface area contributed by atoms with Gasteiger partial charge in [-0.3, -0.25) is 30.6 Å². The first-order valence-electron chi connectivity index (χ1n) is 8.12. The molecule has 2 amide bonds. The van der Waals surface area contributed by atoms with Gasteiger partial charge in [-0.05, 0) is 44.2 Å². The van der Waals surface area contributed by atoms with Crippen LogP contribution in [-0.4, -0.2) is 30.0 Å². The van der Waals surface area contributed by atoms with Crippen molar-refractivity contribution in [2.24, 2.45) is 0 Å². The zero-order chi connectivity index (χ0) is 20.8. The largest absolute Gasteiger partial charge is 0.493 e. The van der Waals surface area contributed by atoms with Crippen LogP contribution in [-0.2, 0) is 0 Å². The highest BCUT2D eigenvalue weighted by Crippen LogP contribution is 2.29. The van der Waals surface area contributed by atoms with Gasteiger partial charge in [-0.1, -0.05) is 11.6 Å². The smallest absolute Gasteiger partial charge is 0.282 e. The maximum absolute atomic E-state index is 12.3. The van der Waals surface area contributed by atoms with Crippen LogP contribution < -0.4 is 20.3 Å². The number of nitro benzene ring substituents is 1. The van der Waals surface area contributed by atoms with Crippen LogP contribution in [0.2, 0.25) is 5.02 Å². The van der Waals surface area contributed by atoms with Crippen LogP contribution in [0, 0.1) is 10.1 Å². The SMILES string of the molecule is COc1cc(C(=O)NNC(=O)c2cc(Cl)ccc2[N+](=O)[O-])ccc1OC(C)C. The molecule has 0 bridgehead atoms. The highest BCUT2D eigenvalue weighted by Gasteiger charge is 2.21. The number of hydrogen-bond acceptors (Lipinski definition) is 6. The Balaban J connectivity index is 2.13. The molecule has 0 heterocycles. The van der Waals surface area contributed by atoms with Crippen molar-refractivity contribution in [1.29, 1.82) is 0 Å². The molecule has 2 rings (SSSR count). The number of ether oxygens (including phenoxy) is 2. The second kappa shape index (κ2) is 9.05. The Morgan fingerprint density at radius 1 is 1.07 bits per heavy atom.